The lowest BCUT2D eigenvalue weighted by Gasteiger charge is -2.06. The number of nitrogens with zero attached hydrogens (tertiary/aromatic N) is 2. The van der Waals surface area contributed by atoms with Crippen LogP contribution in [0.2, 0.25) is 5.02 Å². The predicted molar refractivity (Wildman–Crippen MR) is 92.8 cm³/mol. The number of rotatable bonds is 5. The van der Waals surface area contributed by atoms with Crippen LogP contribution in [0.1, 0.15) is 15.4 Å². The summed E-state index contributed by atoms with van der Waals surface area (Å²) in [6, 6.07) is 7.95. The number of halogens is 2. The van der Waals surface area contributed by atoms with Gasteiger partial charge in [-0.15, -0.1) is 11.3 Å². The molecule has 0 saturated heterocycles. The Bertz CT molecular complexity index is 834. The number of aromatic nitrogens is 2. The highest BCUT2D eigenvalue weighted by molar-refractivity contribution is 7.09. The number of carbonyl (C=O) groups excluding carboxylic acids is 1. The van der Waals surface area contributed by atoms with Gasteiger partial charge < -0.3 is 5.32 Å². The van der Waals surface area contributed by atoms with Crippen LogP contribution in [0.4, 0.5) is 4.39 Å². The molecule has 4 nitrogen and oxygen atoms in total. The monoisotopic (exact) mass is 361 g/mol. The molecule has 0 aliphatic heterocycles. The molecule has 7 heteroatoms. The van der Waals surface area contributed by atoms with E-state index in [9.17, 15) is 9.18 Å². The summed E-state index contributed by atoms with van der Waals surface area (Å²) in [6.45, 7) is 0.351. The number of thiazole rings is 1. The topological polar surface area (TPSA) is 54.9 Å². The van der Waals surface area contributed by atoms with Crippen LogP contribution in [0.3, 0.4) is 0 Å². The van der Waals surface area contributed by atoms with Crippen molar-refractivity contribution in [2.45, 2.75) is 6.42 Å². The summed E-state index contributed by atoms with van der Waals surface area (Å²) in [6.07, 6.45) is 4.02. The van der Waals surface area contributed by atoms with Crippen molar-refractivity contribution in [2.24, 2.45) is 0 Å². The van der Waals surface area contributed by atoms with Crippen LogP contribution in [-0.2, 0) is 6.42 Å². The van der Waals surface area contributed by atoms with E-state index in [1.165, 1.54) is 29.5 Å². The number of nitrogens with one attached hydrogen (secondary N) is 1. The van der Waals surface area contributed by atoms with Gasteiger partial charge in [-0.05, 0) is 24.3 Å². The molecule has 0 radical (unpaired) electrons. The highest BCUT2D eigenvalue weighted by Crippen LogP contribution is 2.21. The zero-order valence-corrected chi connectivity index (χ0v) is 14.1. The minimum absolute atomic E-state index is 0.0978. The van der Waals surface area contributed by atoms with E-state index in [-0.39, 0.29) is 10.6 Å². The molecule has 24 heavy (non-hydrogen) atoms. The Morgan fingerprint density at radius 3 is 2.92 bits per heavy atom. The first-order chi connectivity index (χ1) is 11.6. The van der Waals surface area contributed by atoms with Crippen molar-refractivity contribution in [1.29, 1.82) is 0 Å². The molecule has 2 heterocycles. The first-order valence-corrected chi connectivity index (χ1v) is 8.48. The van der Waals surface area contributed by atoms with Gasteiger partial charge in [-0.3, -0.25) is 9.78 Å². The summed E-state index contributed by atoms with van der Waals surface area (Å²) < 4.78 is 13.7. The molecule has 3 aromatic rings. The third-order valence-electron chi connectivity index (χ3n) is 3.32. The highest BCUT2D eigenvalue weighted by atomic mass is 35.5. The molecular formula is C17H13ClFN3OS. The minimum atomic E-state index is -0.631. The maximum atomic E-state index is 13.7. The number of hydrogen-bond donors (Lipinski definition) is 1. The molecule has 0 unspecified atom stereocenters. The van der Waals surface area contributed by atoms with Crippen LogP contribution < -0.4 is 5.32 Å². The van der Waals surface area contributed by atoms with E-state index in [4.69, 9.17) is 11.6 Å². The van der Waals surface area contributed by atoms with Gasteiger partial charge in [-0.2, -0.15) is 0 Å². The first kappa shape index (κ1) is 16.5. The maximum absolute atomic E-state index is 13.7. The number of carbonyl (C=O) groups is 1. The molecule has 122 valence electrons. The van der Waals surface area contributed by atoms with Crippen molar-refractivity contribution in [3.63, 3.8) is 0 Å². The molecule has 1 N–H and O–H groups in total. The lowest BCUT2D eigenvalue weighted by atomic mass is 10.2. The molecule has 0 bridgehead atoms. The smallest absolute Gasteiger partial charge is 0.255 e. The zero-order chi connectivity index (χ0) is 16.9. The summed E-state index contributed by atoms with van der Waals surface area (Å²) in [5.41, 5.74) is 1.67. The van der Waals surface area contributed by atoms with Gasteiger partial charge in [-0.25, -0.2) is 9.37 Å². The van der Waals surface area contributed by atoms with Crippen molar-refractivity contribution < 1.29 is 9.18 Å². The summed E-state index contributed by atoms with van der Waals surface area (Å²) in [7, 11) is 0. The summed E-state index contributed by atoms with van der Waals surface area (Å²) >= 11 is 7.38. The van der Waals surface area contributed by atoms with Gasteiger partial charge in [0.25, 0.3) is 5.91 Å². The molecule has 3 rings (SSSR count). The maximum Gasteiger partial charge on any atom is 0.255 e. The van der Waals surface area contributed by atoms with Gasteiger partial charge in [-0.1, -0.05) is 17.7 Å². The molecule has 0 spiro atoms. The standard InChI is InChI=1S/C17H13ClFN3OS/c18-12-4-1-5-13(19)16(12)17(23)21-8-6-15-22-14(10-24-15)11-3-2-7-20-9-11/h1-5,7,9-10H,6,8H2,(H,21,23). The quantitative estimate of drug-likeness (QED) is 0.748. The number of hydrogen-bond acceptors (Lipinski definition) is 4. The average molecular weight is 362 g/mol. The SMILES string of the molecule is O=C(NCCc1nc(-c2cccnc2)cs1)c1c(F)cccc1Cl. The van der Waals surface area contributed by atoms with Gasteiger partial charge in [0.2, 0.25) is 0 Å². The second kappa shape index (κ2) is 7.51. The molecule has 0 fully saturated rings. The predicted octanol–water partition coefficient (Wildman–Crippen LogP) is 3.97. The van der Waals surface area contributed by atoms with Gasteiger partial charge in [0.1, 0.15) is 5.82 Å². The second-order valence-corrected chi connectivity index (χ2v) is 6.32. The van der Waals surface area contributed by atoms with E-state index < -0.39 is 11.7 Å². The van der Waals surface area contributed by atoms with E-state index in [0.29, 0.717) is 13.0 Å². The van der Waals surface area contributed by atoms with Crippen molar-refractivity contribution in [3.8, 4) is 11.3 Å². The molecule has 0 atom stereocenters. The number of amides is 1. The molecule has 2 aromatic heterocycles. The highest BCUT2D eigenvalue weighted by Gasteiger charge is 2.15. The zero-order valence-electron chi connectivity index (χ0n) is 12.5. The third kappa shape index (κ3) is 3.77. The van der Waals surface area contributed by atoms with Crippen molar-refractivity contribution in [2.75, 3.05) is 6.54 Å². The van der Waals surface area contributed by atoms with Crippen LogP contribution in [0.25, 0.3) is 11.3 Å². The molecule has 1 amide bonds. The van der Waals surface area contributed by atoms with E-state index in [2.05, 4.69) is 15.3 Å². The Hall–Kier alpha value is -2.31. The Morgan fingerprint density at radius 1 is 1.29 bits per heavy atom. The molecule has 0 aliphatic rings. The lowest BCUT2D eigenvalue weighted by Crippen LogP contribution is -2.26. The summed E-state index contributed by atoms with van der Waals surface area (Å²) in [5, 5.41) is 5.60. The molecule has 1 aromatic carbocycles. The fraction of sp³-hybridized carbons (Fsp3) is 0.118. The Kier molecular flexibility index (Phi) is 5.17. The molecule has 0 saturated carbocycles. The van der Waals surface area contributed by atoms with Crippen LogP contribution in [0.15, 0.2) is 48.1 Å². The Balaban J connectivity index is 1.59. The fourth-order valence-electron chi connectivity index (χ4n) is 2.16. The van der Waals surface area contributed by atoms with Gasteiger partial charge in [0.15, 0.2) is 0 Å². The van der Waals surface area contributed by atoms with E-state index >= 15 is 0 Å². The summed E-state index contributed by atoms with van der Waals surface area (Å²) in [4.78, 5) is 20.6. The van der Waals surface area contributed by atoms with E-state index in [1.54, 1.807) is 12.4 Å². The lowest BCUT2D eigenvalue weighted by molar-refractivity contribution is 0.0950. The summed E-state index contributed by atoms with van der Waals surface area (Å²) in [5.74, 6) is -1.16. The van der Waals surface area contributed by atoms with Crippen molar-refractivity contribution in [3.05, 3.63) is 69.5 Å². The van der Waals surface area contributed by atoms with Crippen molar-refractivity contribution in [1.82, 2.24) is 15.3 Å². The Labute approximate surface area is 147 Å². The van der Waals surface area contributed by atoms with E-state index in [1.807, 2.05) is 17.5 Å². The van der Waals surface area contributed by atoms with Gasteiger partial charge >= 0.3 is 0 Å². The normalized spacial score (nSPS) is 10.6. The third-order valence-corrected chi connectivity index (χ3v) is 4.55. The van der Waals surface area contributed by atoms with E-state index in [0.717, 1.165) is 16.3 Å². The number of benzene rings is 1. The van der Waals surface area contributed by atoms with Gasteiger partial charge in [0, 0.05) is 36.3 Å². The largest absolute Gasteiger partial charge is 0.351 e. The first-order valence-electron chi connectivity index (χ1n) is 7.22. The van der Waals surface area contributed by atoms with Crippen molar-refractivity contribution >= 4 is 28.8 Å². The average Bonchev–Trinajstić information content (AvgIpc) is 3.04. The van der Waals surface area contributed by atoms with Gasteiger partial charge in [0.05, 0.1) is 21.3 Å². The van der Waals surface area contributed by atoms with Crippen LogP contribution in [-0.4, -0.2) is 22.4 Å². The van der Waals surface area contributed by atoms with Crippen LogP contribution >= 0.6 is 22.9 Å². The van der Waals surface area contributed by atoms with Crippen LogP contribution in [0.5, 0.6) is 0 Å². The molecule has 0 aliphatic carbocycles. The number of pyridine rings is 1. The van der Waals surface area contributed by atoms with Crippen LogP contribution in [0, 0.1) is 5.82 Å². The Morgan fingerprint density at radius 2 is 2.17 bits per heavy atom. The minimum Gasteiger partial charge on any atom is -0.351 e. The molecular weight excluding hydrogens is 349 g/mol. The second-order valence-electron chi connectivity index (χ2n) is 4.97. The fourth-order valence-corrected chi connectivity index (χ4v) is 3.21.